The summed E-state index contributed by atoms with van der Waals surface area (Å²) in [4.78, 5) is 4.00. The van der Waals surface area contributed by atoms with E-state index in [9.17, 15) is 0 Å². The van der Waals surface area contributed by atoms with E-state index in [4.69, 9.17) is 4.74 Å². The van der Waals surface area contributed by atoms with E-state index in [1.165, 1.54) is 0 Å². The van der Waals surface area contributed by atoms with Gasteiger partial charge in [0.15, 0.2) is 0 Å². The van der Waals surface area contributed by atoms with Crippen molar-refractivity contribution in [2.75, 3.05) is 25.1 Å². The number of nitrogens with zero attached hydrogens (tertiary/aromatic N) is 1. The first kappa shape index (κ1) is 10.4. The van der Waals surface area contributed by atoms with Gasteiger partial charge in [-0.15, -0.1) is 0 Å². The largest absolute Gasteiger partial charge is 0.384 e. The van der Waals surface area contributed by atoms with Gasteiger partial charge < -0.3 is 10.1 Å². The van der Waals surface area contributed by atoms with Gasteiger partial charge in [0, 0.05) is 37.8 Å². The second-order valence-corrected chi connectivity index (χ2v) is 4.51. The Labute approximate surface area is 90.9 Å². The SMILES string of the molecule is CC1(CNc2ccncc2)CCOCC1. The summed E-state index contributed by atoms with van der Waals surface area (Å²) in [5.74, 6) is 0. The molecule has 2 rings (SSSR count). The first-order chi connectivity index (χ1) is 7.29. The fraction of sp³-hybridized carbons (Fsp3) is 0.583. The van der Waals surface area contributed by atoms with Crippen LogP contribution in [0.15, 0.2) is 24.5 Å². The maximum absolute atomic E-state index is 5.38. The van der Waals surface area contributed by atoms with E-state index in [2.05, 4.69) is 17.2 Å². The third-order valence-electron chi connectivity index (χ3n) is 3.10. The number of aromatic nitrogens is 1. The van der Waals surface area contributed by atoms with E-state index in [-0.39, 0.29) is 0 Å². The topological polar surface area (TPSA) is 34.2 Å². The Morgan fingerprint density at radius 2 is 2.00 bits per heavy atom. The summed E-state index contributed by atoms with van der Waals surface area (Å²) in [5, 5.41) is 3.46. The number of ether oxygens (including phenoxy) is 1. The molecule has 0 saturated carbocycles. The number of rotatable bonds is 3. The Balaban J connectivity index is 1.87. The van der Waals surface area contributed by atoms with E-state index in [0.717, 1.165) is 38.3 Å². The lowest BCUT2D eigenvalue weighted by atomic mass is 9.82. The molecule has 0 aliphatic carbocycles. The molecule has 0 atom stereocenters. The van der Waals surface area contributed by atoms with Gasteiger partial charge in [-0.3, -0.25) is 4.98 Å². The monoisotopic (exact) mass is 206 g/mol. The summed E-state index contributed by atoms with van der Waals surface area (Å²) in [6.07, 6.45) is 5.92. The Hall–Kier alpha value is -1.09. The molecule has 3 nitrogen and oxygen atoms in total. The highest BCUT2D eigenvalue weighted by atomic mass is 16.5. The molecule has 0 radical (unpaired) electrons. The smallest absolute Gasteiger partial charge is 0.0471 e. The molecule has 1 aliphatic heterocycles. The highest BCUT2D eigenvalue weighted by Crippen LogP contribution is 2.29. The molecule has 82 valence electrons. The second-order valence-electron chi connectivity index (χ2n) is 4.51. The Morgan fingerprint density at radius 3 is 2.67 bits per heavy atom. The fourth-order valence-corrected chi connectivity index (χ4v) is 1.83. The average Bonchev–Trinajstić information content (AvgIpc) is 2.29. The zero-order valence-electron chi connectivity index (χ0n) is 9.20. The third kappa shape index (κ3) is 2.93. The van der Waals surface area contributed by atoms with E-state index in [1.807, 2.05) is 24.5 Å². The molecule has 15 heavy (non-hydrogen) atoms. The molecular weight excluding hydrogens is 188 g/mol. The Morgan fingerprint density at radius 1 is 1.33 bits per heavy atom. The second kappa shape index (κ2) is 4.62. The van der Waals surface area contributed by atoms with Crippen LogP contribution in [0.25, 0.3) is 0 Å². The Bertz CT molecular complexity index is 294. The van der Waals surface area contributed by atoms with E-state index in [0.29, 0.717) is 5.41 Å². The van der Waals surface area contributed by atoms with Gasteiger partial charge in [0.25, 0.3) is 0 Å². The molecular formula is C12H18N2O. The lowest BCUT2D eigenvalue weighted by Gasteiger charge is -2.33. The molecule has 0 amide bonds. The van der Waals surface area contributed by atoms with E-state index in [1.54, 1.807) is 0 Å². The molecule has 0 unspecified atom stereocenters. The summed E-state index contributed by atoms with van der Waals surface area (Å²) in [7, 11) is 0. The quantitative estimate of drug-likeness (QED) is 0.824. The molecule has 1 aromatic heterocycles. The fourth-order valence-electron chi connectivity index (χ4n) is 1.83. The highest BCUT2D eigenvalue weighted by Gasteiger charge is 2.26. The van der Waals surface area contributed by atoms with E-state index >= 15 is 0 Å². The molecule has 1 fully saturated rings. The lowest BCUT2D eigenvalue weighted by Crippen LogP contribution is -2.33. The van der Waals surface area contributed by atoms with Crippen LogP contribution in [-0.4, -0.2) is 24.7 Å². The third-order valence-corrected chi connectivity index (χ3v) is 3.10. The van der Waals surface area contributed by atoms with Gasteiger partial charge in [-0.1, -0.05) is 6.92 Å². The van der Waals surface area contributed by atoms with Gasteiger partial charge >= 0.3 is 0 Å². The minimum Gasteiger partial charge on any atom is -0.384 e. The Kier molecular flexibility index (Phi) is 3.21. The summed E-state index contributed by atoms with van der Waals surface area (Å²) < 4.78 is 5.38. The summed E-state index contributed by atoms with van der Waals surface area (Å²) in [6.45, 7) is 5.13. The van der Waals surface area contributed by atoms with Crippen molar-refractivity contribution in [1.82, 2.24) is 4.98 Å². The van der Waals surface area contributed by atoms with Crippen molar-refractivity contribution in [2.45, 2.75) is 19.8 Å². The zero-order chi connectivity index (χ0) is 10.6. The number of nitrogens with one attached hydrogen (secondary N) is 1. The van der Waals surface area contributed by atoms with Crippen LogP contribution in [0.1, 0.15) is 19.8 Å². The van der Waals surface area contributed by atoms with Crippen molar-refractivity contribution in [2.24, 2.45) is 5.41 Å². The van der Waals surface area contributed by atoms with Crippen molar-refractivity contribution in [3.8, 4) is 0 Å². The van der Waals surface area contributed by atoms with Crippen LogP contribution < -0.4 is 5.32 Å². The van der Waals surface area contributed by atoms with Gasteiger partial charge in [0.2, 0.25) is 0 Å². The van der Waals surface area contributed by atoms with Crippen molar-refractivity contribution >= 4 is 5.69 Å². The standard InChI is InChI=1S/C12H18N2O/c1-12(4-8-15-9-5-12)10-14-11-2-6-13-7-3-11/h2-3,6-7H,4-5,8-10H2,1H3,(H,13,14). The molecule has 3 heteroatoms. The van der Waals surface area contributed by atoms with Crippen molar-refractivity contribution in [1.29, 1.82) is 0 Å². The van der Waals surface area contributed by atoms with Gasteiger partial charge in [-0.05, 0) is 30.4 Å². The molecule has 1 aliphatic rings. The van der Waals surface area contributed by atoms with Gasteiger partial charge in [0.1, 0.15) is 0 Å². The molecule has 0 bridgehead atoms. The summed E-state index contributed by atoms with van der Waals surface area (Å²) >= 11 is 0. The van der Waals surface area contributed by atoms with Crippen molar-refractivity contribution in [3.63, 3.8) is 0 Å². The highest BCUT2D eigenvalue weighted by molar-refractivity contribution is 5.40. The average molecular weight is 206 g/mol. The lowest BCUT2D eigenvalue weighted by molar-refractivity contribution is 0.0300. The summed E-state index contributed by atoms with van der Waals surface area (Å²) in [5.41, 5.74) is 1.53. The number of hydrogen-bond acceptors (Lipinski definition) is 3. The summed E-state index contributed by atoms with van der Waals surface area (Å²) in [6, 6.07) is 4.01. The van der Waals surface area contributed by atoms with Crippen molar-refractivity contribution in [3.05, 3.63) is 24.5 Å². The molecule has 0 aromatic carbocycles. The van der Waals surface area contributed by atoms with Gasteiger partial charge in [-0.25, -0.2) is 0 Å². The maximum atomic E-state index is 5.38. The molecule has 2 heterocycles. The molecule has 1 saturated heterocycles. The van der Waals surface area contributed by atoms with Crippen LogP contribution in [0.4, 0.5) is 5.69 Å². The predicted molar refractivity (Wildman–Crippen MR) is 60.9 cm³/mol. The van der Waals surface area contributed by atoms with Gasteiger partial charge in [-0.2, -0.15) is 0 Å². The molecule has 0 spiro atoms. The van der Waals surface area contributed by atoms with Crippen LogP contribution in [0.2, 0.25) is 0 Å². The normalized spacial score (nSPS) is 19.8. The van der Waals surface area contributed by atoms with Crippen molar-refractivity contribution < 1.29 is 4.74 Å². The first-order valence-electron chi connectivity index (χ1n) is 5.50. The van der Waals surface area contributed by atoms with Crippen LogP contribution in [0.3, 0.4) is 0 Å². The zero-order valence-corrected chi connectivity index (χ0v) is 9.20. The van der Waals surface area contributed by atoms with Crippen LogP contribution >= 0.6 is 0 Å². The van der Waals surface area contributed by atoms with Crippen LogP contribution in [0, 0.1) is 5.41 Å². The molecule has 1 N–H and O–H groups in total. The maximum Gasteiger partial charge on any atom is 0.0471 e. The van der Waals surface area contributed by atoms with Gasteiger partial charge in [0.05, 0.1) is 0 Å². The number of anilines is 1. The van der Waals surface area contributed by atoms with E-state index < -0.39 is 0 Å². The van der Waals surface area contributed by atoms with Crippen LogP contribution in [-0.2, 0) is 4.74 Å². The predicted octanol–water partition coefficient (Wildman–Crippen LogP) is 2.31. The molecule has 1 aromatic rings. The van der Waals surface area contributed by atoms with Crippen LogP contribution in [0.5, 0.6) is 0 Å². The first-order valence-corrected chi connectivity index (χ1v) is 5.50. The minimum atomic E-state index is 0.377. The number of hydrogen-bond donors (Lipinski definition) is 1. The minimum absolute atomic E-state index is 0.377. The number of pyridine rings is 1.